The van der Waals surface area contributed by atoms with Crippen LogP contribution in [0.4, 0.5) is 0 Å². The topological polar surface area (TPSA) is 96.9 Å². The highest BCUT2D eigenvalue weighted by molar-refractivity contribution is 6.12. The number of aliphatic imine (C=N–C) groups is 3. The van der Waals surface area contributed by atoms with Gasteiger partial charge in [-0.2, -0.15) is 5.10 Å². The third-order valence-corrected chi connectivity index (χ3v) is 6.57. The summed E-state index contributed by atoms with van der Waals surface area (Å²) in [5.41, 5.74) is 2.01. The Balaban J connectivity index is 1.47. The van der Waals surface area contributed by atoms with Crippen molar-refractivity contribution >= 4 is 23.4 Å². The molecule has 10 heteroatoms. The lowest BCUT2D eigenvalue weighted by Gasteiger charge is -2.40. The predicted octanol–water partition coefficient (Wildman–Crippen LogP) is 0.658. The quantitative estimate of drug-likeness (QED) is 0.691. The van der Waals surface area contributed by atoms with Crippen molar-refractivity contribution in [2.75, 3.05) is 40.0 Å². The number of aryl methyl sites for hydroxylation is 1. The molecule has 0 saturated carbocycles. The number of carbonyl (C=O) groups excluding carboxylic acids is 1. The van der Waals surface area contributed by atoms with Gasteiger partial charge in [-0.05, 0) is 19.8 Å². The Bertz CT molecular complexity index is 947. The van der Waals surface area contributed by atoms with Crippen molar-refractivity contribution in [3.05, 3.63) is 18.0 Å². The number of fused-ring (bicyclic) bond motifs is 1. The van der Waals surface area contributed by atoms with E-state index in [1.54, 1.807) is 16.6 Å². The number of aromatic nitrogens is 2. The van der Waals surface area contributed by atoms with Crippen molar-refractivity contribution in [1.29, 1.82) is 0 Å². The molecule has 1 amide bonds. The van der Waals surface area contributed by atoms with Gasteiger partial charge in [-0.15, -0.1) is 0 Å². The molecule has 0 aromatic carbocycles. The summed E-state index contributed by atoms with van der Waals surface area (Å²) in [6.07, 6.45) is 5.50. The molecule has 166 valence electrons. The summed E-state index contributed by atoms with van der Waals surface area (Å²) in [5, 5.41) is 4.27. The van der Waals surface area contributed by atoms with Gasteiger partial charge in [-0.3, -0.25) is 14.5 Å². The van der Waals surface area contributed by atoms with E-state index in [0.717, 1.165) is 24.1 Å². The van der Waals surface area contributed by atoms with Gasteiger partial charge in [0.15, 0.2) is 6.04 Å². The Morgan fingerprint density at radius 2 is 1.90 bits per heavy atom. The molecule has 4 aliphatic heterocycles. The standard InChI is InChI=1S/C21H29N7O3/c1-13-23-18-17(14-4-7-30-8-5-14)24-21(25-19(18)20(29)27(13)3)28-6-9-31-16(12-28)15-10-22-26(2)11-15/h10-11,14,16,18-19H,4-9,12H2,1-3H3/t16-,18?,19?/m0/s1. The van der Waals surface area contributed by atoms with Gasteiger partial charge in [-0.1, -0.05) is 0 Å². The second-order valence-electron chi connectivity index (χ2n) is 8.57. The van der Waals surface area contributed by atoms with Crippen LogP contribution < -0.4 is 0 Å². The van der Waals surface area contributed by atoms with Crippen LogP contribution in [-0.4, -0.2) is 95.0 Å². The van der Waals surface area contributed by atoms with Gasteiger partial charge in [0, 0.05) is 51.5 Å². The second kappa shape index (κ2) is 8.16. The number of carbonyl (C=O) groups is 1. The highest BCUT2D eigenvalue weighted by Crippen LogP contribution is 2.30. The Hall–Kier alpha value is -2.59. The maximum atomic E-state index is 13.1. The van der Waals surface area contributed by atoms with Crippen LogP contribution in [-0.2, 0) is 21.3 Å². The molecule has 4 aliphatic rings. The SMILES string of the molecule is CC1=NC2C(C3CCOCC3)=NC(N3CCO[C@H](c4cnn(C)c4)C3)=NC2C(=O)N1C. The highest BCUT2D eigenvalue weighted by atomic mass is 16.5. The summed E-state index contributed by atoms with van der Waals surface area (Å²) in [7, 11) is 3.66. The van der Waals surface area contributed by atoms with Crippen LogP contribution in [0.25, 0.3) is 0 Å². The molecule has 31 heavy (non-hydrogen) atoms. The molecule has 10 nitrogen and oxygen atoms in total. The van der Waals surface area contributed by atoms with Crippen molar-refractivity contribution in [1.82, 2.24) is 19.6 Å². The number of hydrogen-bond acceptors (Lipinski definition) is 8. The fourth-order valence-electron chi connectivity index (χ4n) is 4.66. The van der Waals surface area contributed by atoms with Crippen molar-refractivity contribution in [3.63, 3.8) is 0 Å². The van der Waals surface area contributed by atoms with Crippen LogP contribution in [0, 0.1) is 5.92 Å². The summed E-state index contributed by atoms with van der Waals surface area (Å²) >= 11 is 0. The summed E-state index contributed by atoms with van der Waals surface area (Å²) in [4.78, 5) is 31.5. The smallest absolute Gasteiger partial charge is 0.255 e. The van der Waals surface area contributed by atoms with Crippen molar-refractivity contribution in [2.24, 2.45) is 27.9 Å². The molecule has 2 fully saturated rings. The maximum absolute atomic E-state index is 13.1. The number of likely N-dealkylation sites (N-methyl/N-ethyl adjacent to an activating group) is 1. The van der Waals surface area contributed by atoms with Crippen LogP contribution in [0.5, 0.6) is 0 Å². The van der Waals surface area contributed by atoms with E-state index in [9.17, 15) is 4.79 Å². The van der Waals surface area contributed by atoms with Crippen LogP contribution >= 0.6 is 0 Å². The molecule has 2 saturated heterocycles. The molecule has 0 N–H and O–H groups in total. The zero-order chi connectivity index (χ0) is 21.5. The molecule has 0 bridgehead atoms. The zero-order valence-electron chi connectivity index (χ0n) is 18.3. The molecule has 1 aromatic heterocycles. The molecular weight excluding hydrogens is 398 g/mol. The van der Waals surface area contributed by atoms with Crippen LogP contribution in [0.1, 0.15) is 31.4 Å². The van der Waals surface area contributed by atoms with E-state index >= 15 is 0 Å². The van der Waals surface area contributed by atoms with Gasteiger partial charge in [0.2, 0.25) is 5.96 Å². The van der Waals surface area contributed by atoms with Crippen LogP contribution in [0.15, 0.2) is 27.4 Å². The molecule has 0 aliphatic carbocycles. The van der Waals surface area contributed by atoms with E-state index in [-0.39, 0.29) is 24.0 Å². The van der Waals surface area contributed by atoms with Gasteiger partial charge < -0.3 is 19.3 Å². The minimum Gasteiger partial charge on any atom is -0.381 e. The average molecular weight is 428 g/mol. The fourth-order valence-corrected chi connectivity index (χ4v) is 4.66. The first-order valence-corrected chi connectivity index (χ1v) is 10.9. The number of amides is 1. The van der Waals surface area contributed by atoms with Gasteiger partial charge in [-0.25, -0.2) is 9.98 Å². The lowest BCUT2D eigenvalue weighted by molar-refractivity contribution is -0.128. The van der Waals surface area contributed by atoms with E-state index < -0.39 is 6.04 Å². The van der Waals surface area contributed by atoms with Gasteiger partial charge >= 0.3 is 0 Å². The summed E-state index contributed by atoms with van der Waals surface area (Å²) in [6, 6.07) is -0.871. The molecule has 5 rings (SSSR count). The van der Waals surface area contributed by atoms with Gasteiger partial charge in [0.1, 0.15) is 18.0 Å². The van der Waals surface area contributed by atoms with Crippen molar-refractivity contribution in [3.8, 4) is 0 Å². The van der Waals surface area contributed by atoms with Gasteiger partial charge in [0.05, 0.1) is 25.1 Å². The zero-order valence-corrected chi connectivity index (χ0v) is 18.3. The average Bonchev–Trinajstić information content (AvgIpc) is 3.24. The Morgan fingerprint density at radius 1 is 1.10 bits per heavy atom. The largest absolute Gasteiger partial charge is 0.381 e. The first kappa shape index (κ1) is 20.3. The third kappa shape index (κ3) is 3.78. The molecule has 0 radical (unpaired) electrons. The Kier molecular flexibility index (Phi) is 5.35. The minimum atomic E-state index is -0.557. The normalized spacial score (nSPS) is 30.0. The van der Waals surface area contributed by atoms with E-state index in [0.29, 0.717) is 44.7 Å². The van der Waals surface area contributed by atoms with Gasteiger partial charge in [0.25, 0.3) is 5.91 Å². The molecule has 0 spiro atoms. The van der Waals surface area contributed by atoms with E-state index in [1.165, 1.54) is 0 Å². The summed E-state index contributed by atoms with van der Waals surface area (Å²) < 4.78 is 13.3. The van der Waals surface area contributed by atoms with Crippen molar-refractivity contribution in [2.45, 2.75) is 38.0 Å². The first-order valence-electron chi connectivity index (χ1n) is 10.9. The predicted molar refractivity (Wildman–Crippen MR) is 115 cm³/mol. The first-order chi connectivity index (χ1) is 15.0. The van der Waals surface area contributed by atoms with Crippen molar-refractivity contribution < 1.29 is 14.3 Å². The van der Waals surface area contributed by atoms with E-state index in [1.807, 2.05) is 26.4 Å². The molecule has 3 atom stereocenters. The monoisotopic (exact) mass is 427 g/mol. The Morgan fingerprint density at radius 3 is 2.65 bits per heavy atom. The number of morpholine rings is 1. The lowest BCUT2D eigenvalue weighted by Crippen LogP contribution is -2.56. The number of rotatable bonds is 2. The number of guanidine groups is 1. The summed E-state index contributed by atoms with van der Waals surface area (Å²) in [5.74, 6) is 1.57. The maximum Gasteiger partial charge on any atom is 0.255 e. The highest BCUT2D eigenvalue weighted by Gasteiger charge is 2.44. The Labute approximate surface area is 181 Å². The second-order valence-corrected chi connectivity index (χ2v) is 8.57. The molecule has 1 aromatic rings. The lowest BCUT2D eigenvalue weighted by atomic mass is 9.85. The molecule has 2 unspecified atom stereocenters. The number of nitrogens with zero attached hydrogens (tertiary/aromatic N) is 7. The molecule has 5 heterocycles. The number of amidine groups is 1. The molecular formula is C21H29N7O3. The minimum absolute atomic E-state index is 0.0217. The van der Waals surface area contributed by atoms with Crippen LogP contribution in [0.3, 0.4) is 0 Å². The number of hydrogen-bond donors (Lipinski definition) is 0. The fraction of sp³-hybridized carbons (Fsp3) is 0.667. The summed E-state index contributed by atoms with van der Waals surface area (Å²) in [6.45, 7) is 5.17. The number of ether oxygens (including phenoxy) is 2. The van der Waals surface area contributed by atoms with E-state index in [4.69, 9.17) is 24.5 Å². The van der Waals surface area contributed by atoms with Crippen LogP contribution in [0.2, 0.25) is 0 Å². The third-order valence-electron chi connectivity index (χ3n) is 6.57. The van der Waals surface area contributed by atoms with E-state index in [2.05, 4.69) is 10.00 Å².